The standard InChI is InChI=1S/C19H30N6S/c1-23-11-8-16(18-17(23)7-5-9-20-18)21-22-19(26-2)25-13-12-24-10-4-3-6-15(24)14-25/h5,7,9,15,19,22H,3-4,6,8,10-14H2,1-2H3/b21-16-. The van der Waals surface area contributed by atoms with Crippen LogP contribution < -0.4 is 10.3 Å². The summed E-state index contributed by atoms with van der Waals surface area (Å²) in [6, 6.07) is 4.86. The minimum absolute atomic E-state index is 0.235. The molecule has 1 aromatic heterocycles. The number of pyridine rings is 1. The average molecular weight is 375 g/mol. The molecular formula is C19H30N6S. The molecule has 3 aliphatic rings. The van der Waals surface area contributed by atoms with Gasteiger partial charge in [0.1, 0.15) is 11.2 Å². The number of thioether (sulfide) groups is 1. The Bertz CT molecular complexity index is 651. The van der Waals surface area contributed by atoms with E-state index >= 15 is 0 Å². The first-order valence-electron chi connectivity index (χ1n) is 9.76. The smallest absolute Gasteiger partial charge is 0.143 e. The van der Waals surface area contributed by atoms with Gasteiger partial charge in [-0.1, -0.05) is 6.42 Å². The molecule has 0 amide bonds. The number of piperidine rings is 1. The van der Waals surface area contributed by atoms with Gasteiger partial charge in [-0.25, -0.2) is 0 Å². The van der Waals surface area contributed by atoms with Gasteiger partial charge in [-0.05, 0) is 37.8 Å². The zero-order chi connectivity index (χ0) is 17.9. The summed E-state index contributed by atoms with van der Waals surface area (Å²) in [7, 11) is 2.12. The maximum absolute atomic E-state index is 4.81. The summed E-state index contributed by atoms with van der Waals surface area (Å²) >= 11 is 1.84. The van der Waals surface area contributed by atoms with Gasteiger partial charge in [0.25, 0.3) is 0 Å². The minimum atomic E-state index is 0.235. The summed E-state index contributed by atoms with van der Waals surface area (Å²) in [5.74, 6) is 0. The Balaban J connectivity index is 1.44. The first-order chi connectivity index (χ1) is 12.8. The van der Waals surface area contributed by atoms with Gasteiger partial charge >= 0.3 is 0 Å². The van der Waals surface area contributed by atoms with Gasteiger partial charge in [-0.2, -0.15) is 5.10 Å². The van der Waals surface area contributed by atoms with Crippen LogP contribution in [0.3, 0.4) is 0 Å². The fourth-order valence-corrected chi connectivity index (χ4v) is 5.01. The summed E-state index contributed by atoms with van der Waals surface area (Å²) in [6.45, 7) is 5.74. The zero-order valence-corrected chi connectivity index (χ0v) is 16.7. The summed E-state index contributed by atoms with van der Waals surface area (Å²) in [4.78, 5) is 12.1. The highest BCUT2D eigenvalue weighted by Crippen LogP contribution is 2.25. The molecule has 0 aliphatic carbocycles. The number of rotatable bonds is 4. The molecular weight excluding hydrogens is 344 g/mol. The quantitative estimate of drug-likeness (QED) is 0.643. The Morgan fingerprint density at radius 1 is 1.27 bits per heavy atom. The van der Waals surface area contributed by atoms with E-state index in [9.17, 15) is 0 Å². The van der Waals surface area contributed by atoms with Crippen LogP contribution >= 0.6 is 11.8 Å². The second-order valence-electron chi connectivity index (χ2n) is 7.50. The number of nitrogens with one attached hydrogen (secondary N) is 1. The predicted octanol–water partition coefficient (Wildman–Crippen LogP) is 2.03. The number of fused-ring (bicyclic) bond motifs is 2. The third-order valence-corrected chi connectivity index (χ3v) is 6.74. The van der Waals surface area contributed by atoms with Crippen molar-refractivity contribution in [3.63, 3.8) is 0 Å². The fraction of sp³-hybridized carbons (Fsp3) is 0.684. The van der Waals surface area contributed by atoms with E-state index in [2.05, 4.69) is 44.5 Å². The maximum atomic E-state index is 4.81. The van der Waals surface area contributed by atoms with Crippen LogP contribution in [0.2, 0.25) is 0 Å². The molecule has 6 nitrogen and oxygen atoms in total. The SMILES string of the molecule is CSC(N/N=C1/CCN(C)c2cccnc21)N1CCN2CCCCC2C1. The van der Waals surface area contributed by atoms with Crippen LogP contribution in [-0.2, 0) is 0 Å². The molecule has 3 aliphatic heterocycles. The first kappa shape index (κ1) is 18.1. The summed E-state index contributed by atoms with van der Waals surface area (Å²) in [5, 5.41) is 4.81. The zero-order valence-electron chi connectivity index (χ0n) is 15.9. The number of anilines is 1. The molecule has 2 unspecified atom stereocenters. The highest BCUT2D eigenvalue weighted by Gasteiger charge is 2.32. The number of nitrogens with zero attached hydrogens (tertiary/aromatic N) is 5. The number of hydrogen-bond donors (Lipinski definition) is 1. The molecule has 7 heteroatoms. The van der Waals surface area contributed by atoms with Crippen LogP contribution in [-0.4, -0.2) is 78.1 Å². The maximum Gasteiger partial charge on any atom is 0.143 e. The molecule has 0 radical (unpaired) electrons. The van der Waals surface area contributed by atoms with Crippen molar-refractivity contribution in [2.45, 2.75) is 37.2 Å². The van der Waals surface area contributed by atoms with Crippen molar-refractivity contribution in [3.8, 4) is 0 Å². The van der Waals surface area contributed by atoms with E-state index in [-0.39, 0.29) is 5.50 Å². The molecule has 0 bridgehead atoms. The molecule has 1 aromatic rings. The van der Waals surface area contributed by atoms with Crippen LogP contribution in [0, 0.1) is 0 Å². The van der Waals surface area contributed by atoms with Gasteiger partial charge in [0.15, 0.2) is 0 Å². The monoisotopic (exact) mass is 374 g/mol. The van der Waals surface area contributed by atoms with Crippen LogP contribution in [0.1, 0.15) is 31.4 Å². The lowest BCUT2D eigenvalue weighted by molar-refractivity contribution is 0.0389. The molecule has 0 spiro atoms. The van der Waals surface area contributed by atoms with E-state index in [1.807, 2.05) is 24.0 Å². The summed E-state index contributed by atoms with van der Waals surface area (Å²) in [5.41, 5.74) is 6.97. The van der Waals surface area contributed by atoms with Gasteiger partial charge in [-0.3, -0.25) is 20.2 Å². The Labute approximate surface area is 161 Å². The highest BCUT2D eigenvalue weighted by molar-refractivity contribution is 7.99. The largest absolute Gasteiger partial charge is 0.372 e. The average Bonchev–Trinajstić information content (AvgIpc) is 2.70. The van der Waals surface area contributed by atoms with Crippen molar-refractivity contribution in [3.05, 3.63) is 24.0 Å². The number of hydrazone groups is 1. The van der Waals surface area contributed by atoms with Gasteiger partial charge in [-0.15, -0.1) is 11.8 Å². The van der Waals surface area contributed by atoms with Gasteiger partial charge < -0.3 is 4.90 Å². The van der Waals surface area contributed by atoms with Crippen LogP contribution in [0.5, 0.6) is 0 Å². The Morgan fingerprint density at radius 3 is 3.08 bits per heavy atom. The molecule has 0 aromatic carbocycles. The number of piperazine rings is 1. The van der Waals surface area contributed by atoms with E-state index in [1.165, 1.54) is 38.0 Å². The molecule has 2 fully saturated rings. The van der Waals surface area contributed by atoms with E-state index in [4.69, 9.17) is 5.10 Å². The molecule has 26 heavy (non-hydrogen) atoms. The van der Waals surface area contributed by atoms with E-state index in [0.717, 1.165) is 43.5 Å². The second kappa shape index (κ2) is 8.15. The molecule has 4 heterocycles. The predicted molar refractivity (Wildman–Crippen MR) is 110 cm³/mol. The van der Waals surface area contributed by atoms with Crippen molar-refractivity contribution in [1.82, 2.24) is 20.2 Å². The molecule has 1 N–H and O–H groups in total. The lowest BCUT2D eigenvalue weighted by Crippen LogP contribution is -2.58. The molecule has 0 saturated carbocycles. The lowest BCUT2D eigenvalue weighted by atomic mass is 10.00. The Morgan fingerprint density at radius 2 is 2.19 bits per heavy atom. The van der Waals surface area contributed by atoms with Crippen LogP contribution in [0.25, 0.3) is 0 Å². The minimum Gasteiger partial charge on any atom is -0.372 e. The molecule has 142 valence electrons. The Hall–Kier alpha value is -1.31. The van der Waals surface area contributed by atoms with Crippen LogP contribution in [0.15, 0.2) is 23.4 Å². The summed E-state index contributed by atoms with van der Waals surface area (Å²) in [6.07, 6.45) is 9.06. The number of aromatic nitrogens is 1. The van der Waals surface area contributed by atoms with Gasteiger partial charge in [0.2, 0.25) is 0 Å². The van der Waals surface area contributed by atoms with Crippen LogP contribution in [0.4, 0.5) is 5.69 Å². The van der Waals surface area contributed by atoms with Crippen molar-refractivity contribution >= 4 is 23.2 Å². The van der Waals surface area contributed by atoms with Crippen molar-refractivity contribution in [2.24, 2.45) is 5.10 Å². The molecule has 4 rings (SSSR count). The topological polar surface area (TPSA) is 47.0 Å². The second-order valence-corrected chi connectivity index (χ2v) is 8.42. The molecule has 2 atom stereocenters. The highest BCUT2D eigenvalue weighted by atomic mass is 32.2. The van der Waals surface area contributed by atoms with Gasteiger partial charge in [0.05, 0.1) is 11.4 Å². The Kier molecular flexibility index (Phi) is 5.66. The third kappa shape index (κ3) is 3.70. The fourth-order valence-electron chi connectivity index (χ4n) is 4.36. The van der Waals surface area contributed by atoms with Gasteiger partial charge in [0, 0.05) is 51.9 Å². The number of hydrogen-bond acceptors (Lipinski definition) is 7. The van der Waals surface area contributed by atoms with E-state index in [0.29, 0.717) is 0 Å². The summed E-state index contributed by atoms with van der Waals surface area (Å²) < 4.78 is 0. The first-order valence-corrected chi connectivity index (χ1v) is 11.0. The van der Waals surface area contributed by atoms with E-state index in [1.54, 1.807) is 0 Å². The van der Waals surface area contributed by atoms with Crippen molar-refractivity contribution in [2.75, 3.05) is 50.9 Å². The van der Waals surface area contributed by atoms with E-state index < -0.39 is 0 Å². The van der Waals surface area contributed by atoms with Crippen molar-refractivity contribution in [1.29, 1.82) is 0 Å². The van der Waals surface area contributed by atoms with Crippen molar-refractivity contribution < 1.29 is 0 Å². The lowest BCUT2D eigenvalue weighted by Gasteiger charge is -2.46. The molecule has 2 saturated heterocycles. The normalized spacial score (nSPS) is 27.1. The third-order valence-electron chi connectivity index (χ3n) is 5.89.